The summed E-state index contributed by atoms with van der Waals surface area (Å²) in [6, 6.07) is 6.15. The normalized spacial score (nSPS) is 12.9. The van der Waals surface area contributed by atoms with Gasteiger partial charge in [0.05, 0.1) is 11.7 Å². The molecule has 0 bridgehead atoms. The second-order valence-electron chi connectivity index (χ2n) is 4.09. The van der Waals surface area contributed by atoms with E-state index in [0.29, 0.717) is 0 Å². The van der Waals surface area contributed by atoms with E-state index in [1.54, 1.807) is 0 Å². The zero-order chi connectivity index (χ0) is 12.4. The maximum atomic E-state index is 5.58. The van der Waals surface area contributed by atoms with Crippen molar-refractivity contribution in [3.8, 4) is 0 Å². The van der Waals surface area contributed by atoms with Gasteiger partial charge in [0.1, 0.15) is 5.76 Å². The third-order valence-electron chi connectivity index (χ3n) is 2.80. The molecule has 0 aliphatic heterocycles. The molecule has 1 atom stereocenters. The number of aromatic nitrogens is 2. The van der Waals surface area contributed by atoms with Crippen LogP contribution in [0.5, 0.6) is 0 Å². The van der Waals surface area contributed by atoms with Crippen LogP contribution in [0.25, 0.3) is 0 Å². The third kappa shape index (κ3) is 2.79. The van der Waals surface area contributed by atoms with Crippen molar-refractivity contribution in [2.24, 2.45) is 7.05 Å². The van der Waals surface area contributed by atoms with Gasteiger partial charge in [0.2, 0.25) is 0 Å². The minimum atomic E-state index is 0.163. The standard InChI is InChI=1S/C12H16BrN3O/c1-8-6-9(16(3)15-8)7-10(14-2)11-4-5-12(13)17-11/h4-6,10,14H,7H2,1-3H3. The number of hydrogen-bond acceptors (Lipinski definition) is 3. The van der Waals surface area contributed by atoms with Gasteiger partial charge in [-0.25, -0.2) is 0 Å². The van der Waals surface area contributed by atoms with Gasteiger partial charge in [0.25, 0.3) is 0 Å². The molecule has 0 amide bonds. The monoisotopic (exact) mass is 297 g/mol. The first-order valence-corrected chi connectivity index (χ1v) is 6.31. The molecule has 0 aliphatic rings. The molecule has 0 spiro atoms. The Morgan fingerprint density at radius 2 is 2.29 bits per heavy atom. The number of aryl methyl sites for hydroxylation is 2. The Morgan fingerprint density at radius 3 is 2.76 bits per heavy atom. The van der Waals surface area contributed by atoms with Gasteiger partial charge in [-0.1, -0.05) is 0 Å². The summed E-state index contributed by atoms with van der Waals surface area (Å²) in [6.45, 7) is 2.00. The molecule has 0 saturated heterocycles. The van der Waals surface area contributed by atoms with Gasteiger partial charge in [0, 0.05) is 19.2 Å². The predicted octanol–water partition coefficient (Wildman–Crippen LogP) is 2.59. The summed E-state index contributed by atoms with van der Waals surface area (Å²) >= 11 is 3.32. The lowest BCUT2D eigenvalue weighted by Crippen LogP contribution is -2.19. The zero-order valence-corrected chi connectivity index (χ0v) is 11.8. The number of likely N-dealkylation sites (N-methyl/N-ethyl adjacent to an activating group) is 1. The van der Waals surface area contributed by atoms with Crippen LogP contribution in [0.1, 0.15) is 23.2 Å². The Bertz CT molecular complexity index is 504. The van der Waals surface area contributed by atoms with Gasteiger partial charge < -0.3 is 9.73 Å². The van der Waals surface area contributed by atoms with Gasteiger partial charge >= 0.3 is 0 Å². The van der Waals surface area contributed by atoms with E-state index in [-0.39, 0.29) is 6.04 Å². The Morgan fingerprint density at radius 1 is 1.53 bits per heavy atom. The molecule has 4 nitrogen and oxygen atoms in total. The molecular weight excluding hydrogens is 282 g/mol. The average molecular weight is 298 g/mol. The van der Waals surface area contributed by atoms with Crippen molar-refractivity contribution in [3.05, 3.63) is 40.0 Å². The summed E-state index contributed by atoms with van der Waals surface area (Å²) in [5.41, 5.74) is 2.23. The minimum absolute atomic E-state index is 0.163. The smallest absolute Gasteiger partial charge is 0.169 e. The van der Waals surface area contributed by atoms with Crippen molar-refractivity contribution in [2.75, 3.05) is 7.05 Å². The van der Waals surface area contributed by atoms with Crippen LogP contribution < -0.4 is 5.32 Å². The Kier molecular flexibility index (Phi) is 3.69. The van der Waals surface area contributed by atoms with E-state index in [2.05, 4.69) is 32.4 Å². The van der Waals surface area contributed by atoms with Crippen molar-refractivity contribution in [1.29, 1.82) is 0 Å². The molecule has 2 aromatic heterocycles. The van der Waals surface area contributed by atoms with Crippen LogP contribution >= 0.6 is 15.9 Å². The fourth-order valence-electron chi connectivity index (χ4n) is 1.92. The van der Waals surface area contributed by atoms with E-state index >= 15 is 0 Å². The van der Waals surface area contributed by atoms with Crippen molar-refractivity contribution >= 4 is 15.9 Å². The first-order valence-electron chi connectivity index (χ1n) is 5.52. The molecule has 17 heavy (non-hydrogen) atoms. The van der Waals surface area contributed by atoms with E-state index in [9.17, 15) is 0 Å². The molecule has 0 aromatic carbocycles. The van der Waals surface area contributed by atoms with Crippen LogP contribution in [0.15, 0.2) is 27.3 Å². The van der Waals surface area contributed by atoms with Crippen molar-refractivity contribution in [3.63, 3.8) is 0 Å². The summed E-state index contributed by atoms with van der Waals surface area (Å²) in [5, 5.41) is 7.61. The largest absolute Gasteiger partial charge is 0.453 e. The number of hydrogen-bond donors (Lipinski definition) is 1. The second-order valence-corrected chi connectivity index (χ2v) is 4.87. The summed E-state index contributed by atoms with van der Waals surface area (Å²) < 4.78 is 8.25. The highest BCUT2D eigenvalue weighted by Gasteiger charge is 2.16. The summed E-state index contributed by atoms with van der Waals surface area (Å²) in [4.78, 5) is 0. The fourth-order valence-corrected chi connectivity index (χ4v) is 2.24. The molecule has 2 aromatic rings. The molecule has 0 radical (unpaired) electrons. The third-order valence-corrected chi connectivity index (χ3v) is 3.22. The number of nitrogens with one attached hydrogen (secondary N) is 1. The fraction of sp³-hybridized carbons (Fsp3) is 0.417. The SMILES string of the molecule is CNC(Cc1cc(C)nn1C)c1ccc(Br)o1. The van der Waals surface area contributed by atoms with Gasteiger partial charge in [-0.2, -0.15) is 5.10 Å². The highest BCUT2D eigenvalue weighted by molar-refractivity contribution is 9.10. The van der Waals surface area contributed by atoms with Crippen LogP contribution in [0.4, 0.5) is 0 Å². The number of nitrogens with zero attached hydrogens (tertiary/aromatic N) is 2. The highest BCUT2D eigenvalue weighted by atomic mass is 79.9. The van der Waals surface area contributed by atoms with Crippen molar-refractivity contribution < 1.29 is 4.42 Å². The summed E-state index contributed by atoms with van der Waals surface area (Å²) in [6.07, 6.45) is 0.855. The molecule has 0 saturated carbocycles. The second kappa shape index (κ2) is 5.06. The molecular formula is C12H16BrN3O. The lowest BCUT2D eigenvalue weighted by atomic mass is 10.1. The molecule has 1 unspecified atom stereocenters. The maximum absolute atomic E-state index is 5.58. The van der Waals surface area contributed by atoms with Crippen molar-refractivity contribution in [1.82, 2.24) is 15.1 Å². The van der Waals surface area contributed by atoms with Crippen LogP contribution in [0.2, 0.25) is 0 Å². The average Bonchev–Trinajstić information content (AvgIpc) is 2.82. The van der Waals surface area contributed by atoms with Gasteiger partial charge in [-0.05, 0) is 48.1 Å². The van der Waals surface area contributed by atoms with Crippen LogP contribution in [-0.2, 0) is 13.5 Å². The zero-order valence-electron chi connectivity index (χ0n) is 10.2. The molecule has 2 rings (SSSR count). The first-order chi connectivity index (χ1) is 8.10. The summed E-state index contributed by atoms with van der Waals surface area (Å²) in [5.74, 6) is 0.929. The Labute approximate surface area is 109 Å². The van der Waals surface area contributed by atoms with E-state index in [1.807, 2.05) is 37.8 Å². The minimum Gasteiger partial charge on any atom is -0.453 e. The molecule has 92 valence electrons. The Balaban J connectivity index is 2.18. The molecule has 1 N–H and O–H groups in total. The van der Waals surface area contributed by atoms with E-state index < -0.39 is 0 Å². The lowest BCUT2D eigenvalue weighted by Gasteiger charge is -2.13. The topological polar surface area (TPSA) is 43.0 Å². The van der Waals surface area contributed by atoms with Gasteiger partial charge in [-0.15, -0.1) is 0 Å². The summed E-state index contributed by atoms with van der Waals surface area (Å²) in [7, 11) is 3.90. The molecule has 0 aliphatic carbocycles. The Hall–Kier alpha value is -1.07. The van der Waals surface area contributed by atoms with Crippen LogP contribution in [0.3, 0.4) is 0 Å². The quantitative estimate of drug-likeness (QED) is 0.943. The van der Waals surface area contributed by atoms with Crippen LogP contribution in [-0.4, -0.2) is 16.8 Å². The lowest BCUT2D eigenvalue weighted by molar-refractivity contribution is 0.411. The molecule has 0 fully saturated rings. The van der Waals surface area contributed by atoms with Gasteiger partial charge in [-0.3, -0.25) is 4.68 Å². The predicted molar refractivity (Wildman–Crippen MR) is 69.9 cm³/mol. The van der Waals surface area contributed by atoms with E-state index in [0.717, 1.165) is 22.5 Å². The maximum Gasteiger partial charge on any atom is 0.169 e. The number of rotatable bonds is 4. The van der Waals surface area contributed by atoms with Gasteiger partial charge in [0.15, 0.2) is 4.67 Å². The van der Waals surface area contributed by atoms with Crippen molar-refractivity contribution in [2.45, 2.75) is 19.4 Å². The number of furan rings is 1. The number of halogens is 1. The van der Waals surface area contributed by atoms with E-state index in [4.69, 9.17) is 4.42 Å². The highest BCUT2D eigenvalue weighted by Crippen LogP contribution is 2.23. The first kappa shape index (κ1) is 12.4. The molecule has 2 heterocycles. The van der Waals surface area contributed by atoms with Crippen LogP contribution in [0, 0.1) is 6.92 Å². The molecule has 5 heteroatoms. The van der Waals surface area contributed by atoms with E-state index in [1.165, 1.54) is 5.69 Å².